The third kappa shape index (κ3) is 2.31. The van der Waals surface area contributed by atoms with Crippen molar-refractivity contribution in [1.82, 2.24) is 0 Å². The number of halogens is 2. The fourth-order valence-electron chi connectivity index (χ4n) is 1.11. The second kappa shape index (κ2) is 4.09. The fourth-order valence-corrected chi connectivity index (χ4v) is 1.11. The van der Waals surface area contributed by atoms with Gasteiger partial charge in [-0.1, -0.05) is 12.1 Å². The number of para-hydroxylation sites is 1. The van der Waals surface area contributed by atoms with Crippen molar-refractivity contribution in [2.24, 2.45) is 0 Å². The zero-order valence-electron chi connectivity index (χ0n) is 7.71. The molecule has 0 unspecified atom stereocenters. The lowest BCUT2D eigenvalue weighted by molar-refractivity contribution is 0.441. The normalized spacial score (nSPS) is 10.0. The summed E-state index contributed by atoms with van der Waals surface area (Å²) in [4.78, 5) is 0. The van der Waals surface area contributed by atoms with Gasteiger partial charge >= 0.3 is 0 Å². The Bertz CT molecular complexity index is 451. The van der Waals surface area contributed by atoms with Crippen molar-refractivity contribution in [3.63, 3.8) is 0 Å². The van der Waals surface area contributed by atoms with Crippen LogP contribution in [0, 0.1) is 17.7 Å². The van der Waals surface area contributed by atoms with Gasteiger partial charge in [-0.25, -0.2) is 8.78 Å². The van der Waals surface area contributed by atoms with E-state index in [0.717, 1.165) is 0 Å². The second-order valence-electron chi connectivity index (χ2n) is 2.90. The third-order valence-electron chi connectivity index (χ3n) is 1.81. The van der Waals surface area contributed by atoms with E-state index in [0.29, 0.717) is 5.75 Å². The van der Waals surface area contributed by atoms with Gasteiger partial charge in [-0.05, 0) is 30.3 Å². The lowest BCUT2D eigenvalue weighted by Gasteiger charge is -2.05. The van der Waals surface area contributed by atoms with Gasteiger partial charge in [0.05, 0.1) is 0 Å². The minimum absolute atomic E-state index is 0.109. The summed E-state index contributed by atoms with van der Waals surface area (Å²) in [5.41, 5.74) is 0. The van der Waals surface area contributed by atoms with Gasteiger partial charge in [0.1, 0.15) is 11.6 Å². The minimum atomic E-state index is -0.476. The summed E-state index contributed by atoms with van der Waals surface area (Å²) in [6, 6.07) is 12.3. The molecule has 1 radical (unpaired) electrons. The SMILES string of the molecule is Fc1[c]cc(Oc2ccccc2F)cc1. The van der Waals surface area contributed by atoms with Gasteiger partial charge in [-0.2, -0.15) is 0 Å². The quantitative estimate of drug-likeness (QED) is 0.728. The van der Waals surface area contributed by atoms with E-state index in [2.05, 4.69) is 6.07 Å². The highest BCUT2D eigenvalue weighted by molar-refractivity contribution is 5.31. The van der Waals surface area contributed by atoms with Crippen molar-refractivity contribution < 1.29 is 13.5 Å². The zero-order valence-corrected chi connectivity index (χ0v) is 7.71. The number of hydrogen-bond donors (Lipinski definition) is 0. The lowest BCUT2D eigenvalue weighted by Crippen LogP contribution is -1.87. The first-order chi connectivity index (χ1) is 7.25. The van der Waals surface area contributed by atoms with Crippen LogP contribution in [0.5, 0.6) is 11.5 Å². The predicted molar refractivity (Wildman–Crippen MR) is 51.7 cm³/mol. The van der Waals surface area contributed by atoms with Crippen molar-refractivity contribution in [2.45, 2.75) is 0 Å². The molecule has 0 aliphatic rings. The molecule has 0 atom stereocenters. The summed E-state index contributed by atoms with van der Waals surface area (Å²) < 4.78 is 30.9. The molecule has 0 fully saturated rings. The maximum absolute atomic E-state index is 13.1. The molecule has 0 saturated heterocycles. The molecule has 75 valence electrons. The average Bonchev–Trinajstić information content (AvgIpc) is 2.25. The van der Waals surface area contributed by atoms with Crippen LogP contribution in [0.25, 0.3) is 0 Å². The molecule has 0 spiro atoms. The summed E-state index contributed by atoms with van der Waals surface area (Å²) in [6.45, 7) is 0. The molecule has 0 aliphatic carbocycles. The number of benzene rings is 2. The standard InChI is InChI=1S/C12H7F2O/c13-9-5-7-10(8-6-9)15-12-4-2-1-3-11(12)14/h1-5,7-8H. The Balaban J connectivity index is 2.22. The monoisotopic (exact) mass is 205 g/mol. The summed E-state index contributed by atoms with van der Waals surface area (Å²) in [5.74, 6) is -0.475. The van der Waals surface area contributed by atoms with Crippen LogP contribution in [-0.4, -0.2) is 0 Å². The molecule has 0 N–H and O–H groups in total. The van der Waals surface area contributed by atoms with Crippen LogP contribution in [0.4, 0.5) is 8.78 Å². The van der Waals surface area contributed by atoms with Crippen molar-refractivity contribution in [3.8, 4) is 11.5 Å². The number of hydrogen-bond acceptors (Lipinski definition) is 1. The van der Waals surface area contributed by atoms with Crippen LogP contribution in [0.2, 0.25) is 0 Å². The first-order valence-electron chi connectivity index (χ1n) is 4.35. The van der Waals surface area contributed by atoms with E-state index in [-0.39, 0.29) is 5.75 Å². The van der Waals surface area contributed by atoms with Gasteiger partial charge < -0.3 is 4.74 Å². The first-order valence-corrected chi connectivity index (χ1v) is 4.35. The highest BCUT2D eigenvalue weighted by atomic mass is 19.1. The van der Waals surface area contributed by atoms with Crippen LogP contribution < -0.4 is 4.74 Å². The predicted octanol–water partition coefficient (Wildman–Crippen LogP) is 3.56. The Labute approximate surface area is 85.9 Å². The van der Waals surface area contributed by atoms with Crippen molar-refractivity contribution >= 4 is 0 Å². The van der Waals surface area contributed by atoms with Gasteiger partial charge in [0.15, 0.2) is 11.6 Å². The lowest BCUT2D eigenvalue weighted by atomic mass is 10.3. The molecule has 2 aromatic rings. The smallest absolute Gasteiger partial charge is 0.165 e. The van der Waals surface area contributed by atoms with Gasteiger partial charge in [0.2, 0.25) is 0 Å². The molecule has 0 aromatic heterocycles. The molecule has 2 rings (SSSR count). The summed E-state index contributed by atoms with van der Waals surface area (Å²) in [7, 11) is 0. The van der Waals surface area contributed by atoms with E-state index in [4.69, 9.17) is 4.74 Å². The second-order valence-corrected chi connectivity index (χ2v) is 2.90. The van der Waals surface area contributed by atoms with Crippen molar-refractivity contribution in [1.29, 1.82) is 0 Å². The van der Waals surface area contributed by atoms with E-state index in [1.54, 1.807) is 12.1 Å². The fraction of sp³-hybridized carbons (Fsp3) is 0. The molecule has 0 saturated carbocycles. The van der Waals surface area contributed by atoms with Crippen LogP contribution >= 0.6 is 0 Å². The molecule has 0 amide bonds. The number of ether oxygens (including phenoxy) is 1. The summed E-state index contributed by atoms with van der Waals surface area (Å²) in [6.07, 6.45) is 0. The first kappa shape index (κ1) is 9.65. The minimum Gasteiger partial charge on any atom is -0.454 e. The Kier molecular flexibility index (Phi) is 2.63. The number of rotatable bonds is 2. The van der Waals surface area contributed by atoms with Gasteiger partial charge in [0.25, 0.3) is 0 Å². The van der Waals surface area contributed by atoms with E-state index in [1.165, 1.54) is 30.3 Å². The van der Waals surface area contributed by atoms with Gasteiger partial charge in [-0.15, -0.1) is 0 Å². The van der Waals surface area contributed by atoms with E-state index >= 15 is 0 Å². The van der Waals surface area contributed by atoms with Crippen LogP contribution in [0.15, 0.2) is 42.5 Å². The summed E-state index contributed by atoms with van der Waals surface area (Å²) >= 11 is 0. The molecule has 3 heteroatoms. The van der Waals surface area contributed by atoms with E-state index < -0.39 is 11.6 Å². The Hall–Kier alpha value is -1.90. The molecule has 2 aromatic carbocycles. The molecular weight excluding hydrogens is 198 g/mol. The van der Waals surface area contributed by atoms with E-state index in [9.17, 15) is 8.78 Å². The summed E-state index contributed by atoms with van der Waals surface area (Å²) in [5, 5.41) is 0. The molecule has 0 bridgehead atoms. The van der Waals surface area contributed by atoms with E-state index in [1.807, 2.05) is 0 Å². The topological polar surface area (TPSA) is 9.23 Å². The molecular formula is C12H7F2O. The van der Waals surface area contributed by atoms with Gasteiger partial charge in [0, 0.05) is 6.07 Å². The van der Waals surface area contributed by atoms with Crippen LogP contribution in [0.3, 0.4) is 0 Å². The van der Waals surface area contributed by atoms with Crippen molar-refractivity contribution in [3.05, 3.63) is 60.2 Å². The third-order valence-corrected chi connectivity index (χ3v) is 1.81. The maximum Gasteiger partial charge on any atom is 0.165 e. The molecule has 0 aliphatic heterocycles. The largest absolute Gasteiger partial charge is 0.454 e. The molecule has 15 heavy (non-hydrogen) atoms. The maximum atomic E-state index is 13.1. The van der Waals surface area contributed by atoms with Crippen molar-refractivity contribution in [2.75, 3.05) is 0 Å². The molecule has 1 nitrogen and oxygen atoms in total. The highest BCUT2D eigenvalue weighted by Crippen LogP contribution is 2.23. The zero-order chi connectivity index (χ0) is 10.7. The van der Waals surface area contributed by atoms with Crippen LogP contribution in [0.1, 0.15) is 0 Å². The Morgan fingerprint density at radius 1 is 1.00 bits per heavy atom. The Morgan fingerprint density at radius 3 is 2.47 bits per heavy atom. The van der Waals surface area contributed by atoms with Crippen LogP contribution in [-0.2, 0) is 0 Å². The van der Waals surface area contributed by atoms with Gasteiger partial charge in [-0.3, -0.25) is 0 Å². The average molecular weight is 205 g/mol. The molecule has 0 heterocycles. The highest BCUT2D eigenvalue weighted by Gasteiger charge is 2.02. The Morgan fingerprint density at radius 2 is 1.80 bits per heavy atom.